The van der Waals surface area contributed by atoms with Crippen LogP contribution in [0.25, 0.3) is 0 Å². The van der Waals surface area contributed by atoms with Gasteiger partial charge in [0.1, 0.15) is 17.5 Å². The zero-order chi connectivity index (χ0) is 37.9. The maximum Gasteiger partial charge on any atom is 0.410 e. The Bertz CT molecular complexity index is 1740. The molecule has 53 heavy (non-hydrogen) atoms. The Labute approximate surface area is 328 Å². The van der Waals surface area contributed by atoms with Crippen molar-refractivity contribution in [2.24, 2.45) is 5.92 Å². The predicted molar refractivity (Wildman–Crippen MR) is 208 cm³/mol. The minimum absolute atomic E-state index is 0.0107. The molecule has 1 aromatic carbocycles. The molecule has 0 N–H and O–H groups in total. The molecular formula is C40H50Cl3N5O5. The van der Waals surface area contributed by atoms with Crippen molar-refractivity contribution in [3.63, 3.8) is 0 Å². The molecule has 0 radical (unpaired) electrons. The number of carbonyl (C=O) groups excluding carboxylic acids is 2. The molecule has 3 atom stereocenters. The number of carbonyl (C=O) groups is 2. The van der Waals surface area contributed by atoms with Gasteiger partial charge in [0.25, 0.3) is 0 Å². The van der Waals surface area contributed by atoms with Crippen molar-refractivity contribution in [1.29, 1.82) is 0 Å². The lowest BCUT2D eigenvalue weighted by Gasteiger charge is -2.40. The number of amides is 2. The number of likely N-dealkylation sites (tertiary alicyclic amines) is 1. The largest absolute Gasteiger partial charge is 0.485 e. The molecule has 10 nitrogen and oxygen atoms in total. The molecule has 2 amide bonds. The smallest absolute Gasteiger partial charge is 0.410 e. The third-order valence-corrected chi connectivity index (χ3v) is 11.0. The average Bonchev–Trinajstić information content (AvgIpc) is 3.85. The van der Waals surface area contributed by atoms with Gasteiger partial charge in [-0.1, -0.05) is 40.9 Å². The van der Waals surface area contributed by atoms with E-state index in [2.05, 4.69) is 16.0 Å². The first kappa shape index (κ1) is 39.4. The Hall–Kier alpha value is -3.31. The van der Waals surface area contributed by atoms with E-state index in [0.29, 0.717) is 53.5 Å². The summed E-state index contributed by atoms with van der Waals surface area (Å²) in [6.45, 7) is 10.7. The van der Waals surface area contributed by atoms with Crippen LogP contribution in [-0.4, -0.2) is 89.4 Å². The van der Waals surface area contributed by atoms with Crippen molar-refractivity contribution in [2.75, 3.05) is 44.8 Å². The molecule has 3 fully saturated rings. The second kappa shape index (κ2) is 17.0. The second-order valence-corrected chi connectivity index (χ2v) is 16.7. The minimum Gasteiger partial charge on any atom is -0.485 e. The SMILES string of the molecule is COCCCc1cc(CN(C(=O)C2CN(C(=O)OC(C)(C)C)CCC2c2ccc(N3CC[C@@H](Oc4c(Cl)cc(C)cc4Cl)C3)nc2)C2CC2)c(Cl)cn1. The number of anilines is 1. The Morgan fingerprint density at radius 1 is 0.943 bits per heavy atom. The first-order valence-electron chi connectivity index (χ1n) is 18.5. The van der Waals surface area contributed by atoms with E-state index < -0.39 is 17.6 Å². The van der Waals surface area contributed by atoms with Gasteiger partial charge in [0, 0.05) is 76.4 Å². The summed E-state index contributed by atoms with van der Waals surface area (Å²) in [6, 6.07) is 9.93. The summed E-state index contributed by atoms with van der Waals surface area (Å²) in [7, 11) is 1.69. The van der Waals surface area contributed by atoms with Crippen molar-refractivity contribution < 1.29 is 23.8 Å². The Kier molecular flexibility index (Phi) is 12.6. The maximum absolute atomic E-state index is 14.8. The molecule has 2 unspecified atom stereocenters. The number of rotatable bonds is 12. The predicted octanol–water partition coefficient (Wildman–Crippen LogP) is 8.51. The molecule has 1 saturated carbocycles. The van der Waals surface area contributed by atoms with Gasteiger partial charge in [-0.2, -0.15) is 0 Å². The normalized spacial score (nSPS) is 20.4. The van der Waals surface area contributed by atoms with Gasteiger partial charge in [0.05, 0.1) is 27.5 Å². The van der Waals surface area contributed by atoms with E-state index in [4.69, 9.17) is 54.0 Å². The van der Waals surface area contributed by atoms with Crippen LogP contribution in [0.3, 0.4) is 0 Å². The number of halogens is 3. The van der Waals surface area contributed by atoms with Crippen molar-refractivity contribution in [1.82, 2.24) is 19.8 Å². The van der Waals surface area contributed by atoms with Gasteiger partial charge in [-0.3, -0.25) is 9.78 Å². The van der Waals surface area contributed by atoms with Gasteiger partial charge in [-0.15, -0.1) is 0 Å². The highest BCUT2D eigenvalue weighted by molar-refractivity contribution is 6.37. The first-order valence-corrected chi connectivity index (χ1v) is 19.7. The molecule has 6 rings (SSSR count). The monoisotopic (exact) mass is 785 g/mol. The summed E-state index contributed by atoms with van der Waals surface area (Å²) in [5, 5.41) is 1.54. The van der Waals surface area contributed by atoms with Crippen molar-refractivity contribution in [3.8, 4) is 5.75 Å². The lowest BCUT2D eigenvalue weighted by Crippen LogP contribution is -2.51. The fourth-order valence-electron chi connectivity index (χ4n) is 7.25. The van der Waals surface area contributed by atoms with Gasteiger partial charge in [-0.25, -0.2) is 9.78 Å². The van der Waals surface area contributed by atoms with E-state index in [9.17, 15) is 9.59 Å². The third-order valence-electron chi connectivity index (χ3n) is 10.1. The van der Waals surface area contributed by atoms with Crippen LogP contribution >= 0.6 is 34.8 Å². The van der Waals surface area contributed by atoms with Crippen molar-refractivity contribution in [2.45, 2.75) is 96.4 Å². The average molecular weight is 787 g/mol. The summed E-state index contributed by atoms with van der Waals surface area (Å²) >= 11 is 19.6. The molecule has 2 saturated heterocycles. The number of piperidine rings is 1. The van der Waals surface area contributed by atoms with E-state index in [0.717, 1.165) is 66.9 Å². The number of hydrogen-bond donors (Lipinski definition) is 0. The molecular weight excluding hydrogens is 737 g/mol. The molecule has 3 aromatic rings. The number of methoxy groups -OCH3 is 1. The van der Waals surface area contributed by atoms with Crippen LogP contribution in [0.2, 0.25) is 15.1 Å². The summed E-state index contributed by atoms with van der Waals surface area (Å²) < 4.78 is 17.2. The van der Waals surface area contributed by atoms with Crippen LogP contribution in [0.5, 0.6) is 5.75 Å². The summed E-state index contributed by atoms with van der Waals surface area (Å²) in [6.07, 6.45) is 7.95. The maximum atomic E-state index is 14.8. The van der Waals surface area contributed by atoms with Crippen LogP contribution in [0.1, 0.15) is 81.2 Å². The first-order chi connectivity index (χ1) is 25.3. The number of nitrogens with zero attached hydrogens (tertiary/aromatic N) is 5. The van der Waals surface area contributed by atoms with Crippen LogP contribution < -0.4 is 9.64 Å². The fourth-order valence-corrected chi connectivity index (χ4v) is 8.10. The number of aromatic nitrogens is 2. The molecule has 4 heterocycles. The van der Waals surface area contributed by atoms with Crippen molar-refractivity contribution >= 4 is 52.6 Å². The van der Waals surface area contributed by atoms with Gasteiger partial charge < -0.3 is 28.9 Å². The van der Waals surface area contributed by atoms with E-state index >= 15 is 0 Å². The van der Waals surface area contributed by atoms with E-state index in [1.54, 1.807) is 18.2 Å². The Morgan fingerprint density at radius 2 is 1.70 bits per heavy atom. The summed E-state index contributed by atoms with van der Waals surface area (Å²) in [4.78, 5) is 43.3. The topological polar surface area (TPSA) is 97.3 Å². The van der Waals surface area contributed by atoms with Crippen molar-refractivity contribution in [3.05, 3.63) is 80.2 Å². The standard InChI is InChI=1S/C40H50Cl3N5O5/c1-25-17-33(41)37(34(42)18-25)52-30-12-14-46(23-30)36-11-8-26(20-45-36)31-13-15-47(39(50)53-40(2,3)4)24-32(31)38(49)48(29-9-10-29)22-27-19-28(7-6-16-51-5)44-21-35(27)43/h8,11,17-21,29-32H,6-7,9-10,12-16,22-24H2,1-5H3/t30-,31?,32?/m1/s1. The molecule has 13 heteroatoms. The zero-order valence-corrected chi connectivity index (χ0v) is 33.5. The third kappa shape index (κ3) is 10.1. The summed E-state index contributed by atoms with van der Waals surface area (Å²) in [5.74, 6) is 0.734. The number of hydrogen-bond acceptors (Lipinski definition) is 8. The van der Waals surface area contributed by atoms with Crippen LogP contribution in [0.4, 0.5) is 10.6 Å². The molecule has 0 spiro atoms. The molecule has 2 aliphatic heterocycles. The highest BCUT2D eigenvalue weighted by atomic mass is 35.5. The quantitative estimate of drug-likeness (QED) is 0.169. The molecule has 0 bridgehead atoms. The van der Waals surface area contributed by atoms with Crippen LogP contribution in [0, 0.1) is 12.8 Å². The number of aryl methyl sites for hydroxylation is 2. The molecule has 2 aromatic heterocycles. The number of pyridine rings is 2. The summed E-state index contributed by atoms with van der Waals surface area (Å²) in [5.41, 5.74) is 3.09. The zero-order valence-electron chi connectivity index (χ0n) is 31.2. The fraction of sp³-hybridized carbons (Fsp3) is 0.550. The van der Waals surface area contributed by atoms with Gasteiger partial charge in [-0.05, 0) is 101 Å². The molecule has 1 aliphatic carbocycles. The molecule has 3 aliphatic rings. The lowest BCUT2D eigenvalue weighted by atomic mass is 9.80. The Morgan fingerprint density at radius 3 is 2.36 bits per heavy atom. The molecule has 286 valence electrons. The highest BCUT2D eigenvalue weighted by Gasteiger charge is 2.43. The lowest BCUT2D eigenvalue weighted by molar-refractivity contribution is -0.139. The van der Waals surface area contributed by atoms with Gasteiger partial charge in [0.15, 0.2) is 5.75 Å². The van der Waals surface area contributed by atoms with Crippen LogP contribution in [-0.2, 0) is 27.2 Å². The van der Waals surface area contributed by atoms with E-state index in [-0.39, 0.29) is 30.5 Å². The van der Waals surface area contributed by atoms with E-state index in [1.165, 1.54) is 0 Å². The second-order valence-electron chi connectivity index (χ2n) is 15.5. The van der Waals surface area contributed by atoms with Crippen LogP contribution in [0.15, 0.2) is 42.7 Å². The number of benzene rings is 1. The van der Waals surface area contributed by atoms with Gasteiger partial charge >= 0.3 is 6.09 Å². The Balaban J connectivity index is 1.20. The minimum atomic E-state index is -0.648. The highest BCUT2D eigenvalue weighted by Crippen LogP contribution is 2.40. The van der Waals surface area contributed by atoms with Gasteiger partial charge in [0.2, 0.25) is 5.91 Å². The number of ether oxygens (including phenoxy) is 3. The van der Waals surface area contributed by atoms with E-state index in [1.807, 2.05) is 63.1 Å².